The average Bonchev–Trinajstić information content (AvgIpc) is 2.48. The zero-order valence-corrected chi connectivity index (χ0v) is 10.2. The third-order valence-electron chi connectivity index (χ3n) is 1.97. The first kappa shape index (κ1) is 12.1. The van der Waals surface area contributed by atoms with Gasteiger partial charge in [0.2, 0.25) is 11.0 Å². The molecule has 1 aromatic rings. The minimum atomic E-state index is -0.554. The molecule has 0 radical (unpaired) electrons. The molecule has 1 amide bonds. The first-order valence-corrected chi connectivity index (χ1v) is 5.49. The summed E-state index contributed by atoms with van der Waals surface area (Å²) in [4.78, 5) is 11.7. The van der Waals surface area contributed by atoms with Crippen LogP contribution in [0.1, 0.15) is 25.8 Å². The van der Waals surface area contributed by atoms with Crippen molar-refractivity contribution in [1.29, 1.82) is 0 Å². The summed E-state index contributed by atoms with van der Waals surface area (Å²) in [6, 6.07) is -0.554. The Labute approximate surface area is 93.1 Å². The largest absolute Gasteiger partial charge is 0.319 e. The van der Waals surface area contributed by atoms with Crippen LogP contribution in [0.2, 0.25) is 0 Å². The minimum Gasteiger partial charge on any atom is -0.319 e. The topological polar surface area (TPSA) is 80.9 Å². The van der Waals surface area contributed by atoms with Crippen molar-refractivity contribution in [2.45, 2.75) is 33.7 Å². The smallest absolute Gasteiger partial charge is 0.243 e. The molecule has 1 rings (SSSR count). The average molecular weight is 228 g/mol. The molecule has 1 atom stereocenters. The Morgan fingerprint density at radius 3 is 2.47 bits per heavy atom. The third-order valence-corrected chi connectivity index (χ3v) is 2.73. The van der Waals surface area contributed by atoms with Gasteiger partial charge in [0, 0.05) is 0 Å². The van der Waals surface area contributed by atoms with E-state index in [4.69, 9.17) is 5.73 Å². The van der Waals surface area contributed by atoms with E-state index >= 15 is 0 Å². The lowest BCUT2D eigenvalue weighted by Crippen LogP contribution is -2.45. The van der Waals surface area contributed by atoms with Crippen molar-refractivity contribution >= 4 is 22.4 Å². The van der Waals surface area contributed by atoms with Crippen molar-refractivity contribution in [2.24, 2.45) is 11.1 Å². The molecule has 0 unspecified atom stereocenters. The molecule has 0 aliphatic heterocycles. The van der Waals surface area contributed by atoms with Gasteiger partial charge in [-0.05, 0) is 12.3 Å². The Kier molecular flexibility index (Phi) is 3.41. The first-order chi connectivity index (χ1) is 6.80. The maximum Gasteiger partial charge on any atom is 0.243 e. The fourth-order valence-electron chi connectivity index (χ4n) is 0.924. The van der Waals surface area contributed by atoms with Crippen molar-refractivity contribution in [3.8, 4) is 0 Å². The summed E-state index contributed by atoms with van der Waals surface area (Å²) in [6.07, 6.45) is 0. The maximum absolute atomic E-state index is 11.7. The number of anilines is 1. The SMILES string of the molecule is Cc1nnc(NC(=O)[C@H](N)C(C)(C)C)s1. The number of nitrogens with zero attached hydrogens (tertiary/aromatic N) is 2. The number of hydrogen-bond acceptors (Lipinski definition) is 5. The maximum atomic E-state index is 11.7. The molecular formula is C9H16N4OS. The summed E-state index contributed by atoms with van der Waals surface area (Å²) in [5.41, 5.74) is 5.53. The van der Waals surface area contributed by atoms with E-state index in [1.807, 2.05) is 27.7 Å². The zero-order chi connectivity index (χ0) is 11.6. The molecule has 5 nitrogen and oxygen atoms in total. The second-order valence-corrected chi connectivity index (χ2v) is 5.64. The van der Waals surface area contributed by atoms with Crippen LogP contribution in [0.3, 0.4) is 0 Å². The Hall–Kier alpha value is -1.01. The molecule has 0 aliphatic rings. The van der Waals surface area contributed by atoms with E-state index in [1.54, 1.807) is 0 Å². The molecule has 0 spiro atoms. The number of hydrogen-bond donors (Lipinski definition) is 2. The second-order valence-electron chi connectivity index (χ2n) is 4.46. The Balaban J connectivity index is 2.64. The van der Waals surface area contributed by atoms with Gasteiger partial charge in [-0.2, -0.15) is 0 Å². The van der Waals surface area contributed by atoms with Crippen molar-refractivity contribution in [3.05, 3.63) is 5.01 Å². The molecule has 0 saturated carbocycles. The van der Waals surface area contributed by atoms with Crippen LogP contribution < -0.4 is 11.1 Å². The van der Waals surface area contributed by atoms with Crippen LogP contribution in [0, 0.1) is 12.3 Å². The molecule has 6 heteroatoms. The van der Waals surface area contributed by atoms with Gasteiger partial charge in [0.15, 0.2) is 0 Å². The molecule has 1 aromatic heterocycles. The van der Waals surface area contributed by atoms with Gasteiger partial charge in [-0.15, -0.1) is 10.2 Å². The third kappa shape index (κ3) is 3.24. The van der Waals surface area contributed by atoms with Gasteiger partial charge < -0.3 is 5.73 Å². The lowest BCUT2D eigenvalue weighted by atomic mass is 9.87. The number of aryl methyl sites for hydroxylation is 1. The van der Waals surface area contributed by atoms with Gasteiger partial charge in [-0.3, -0.25) is 10.1 Å². The van der Waals surface area contributed by atoms with Crippen molar-refractivity contribution in [1.82, 2.24) is 10.2 Å². The molecule has 0 aromatic carbocycles. The molecule has 0 saturated heterocycles. The van der Waals surface area contributed by atoms with E-state index < -0.39 is 6.04 Å². The lowest BCUT2D eigenvalue weighted by molar-refractivity contribution is -0.119. The van der Waals surface area contributed by atoms with Crippen molar-refractivity contribution in [3.63, 3.8) is 0 Å². The van der Waals surface area contributed by atoms with Gasteiger partial charge in [-0.25, -0.2) is 0 Å². The van der Waals surface area contributed by atoms with Crippen LogP contribution in [0.25, 0.3) is 0 Å². The monoisotopic (exact) mass is 228 g/mol. The van der Waals surface area contributed by atoms with Crippen LogP contribution >= 0.6 is 11.3 Å². The zero-order valence-electron chi connectivity index (χ0n) is 9.37. The quantitative estimate of drug-likeness (QED) is 0.796. The normalized spacial score (nSPS) is 13.7. The van der Waals surface area contributed by atoms with E-state index in [0.29, 0.717) is 5.13 Å². The summed E-state index contributed by atoms with van der Waals surface area (Å²) >= 11 is 1.33. The van der Waals surface area contributed by atoms with Gasteiger partial charge in [0.05, 0.1) is 6.04 Å². The highest BCUT2D eigenvalue weighted by Gasteiger charge is 2.27. The summed E-state index contributed by atoms with van der Waals surface area (Å²) in [7, 11) is 0. The predicted molar refractivity (Wildman–Crippen MR) is 60.7 cm³/mol. The Morgan fingerprint density at radius 1 is 1.47 bits per heavy atom. The number of nitrogens with one attached hydrogen (secondary N) is 1. The molecule has 1 heterocycles. The number of carbonyl (C=O) groups is 1. The van der Waals surface area contributed by atoms with E-state index in [9.17, 15) is 4.79 Å². The van der Waals surface area contributed by atoms with Crippen molar-refractivity contribution < 1.29 is 4.79 Å². The van der Waals surface area contributed by atoms with Crippen LogP contribution in [0.5, 0.6) is 0 Å². The number of amides is 1. The summed E-state index contributed by atoms with van der Waals surface area (Å²) in [6.45, 7) is 7.59. The number of carbonyl (C=O) groups excluding carboxylic acids is 1. The first-order valence-electron chi connectivity index (χ1n) is 4.67. The molecule has 15 heavy (non-hydrogen) atoms. The molecule has 84 valence electrons. The Morgan fingerprint density at radius 2 is 2.07 bits per heavy atom. The van der Waals surface area contributed by atoms with Crippen LogP contribution in [-0.4, -0.2) is 22.1 Å². The minimum absolute atomic E-state index is 0.223. The molecular weight excluding hydrogens is 212 g/mol. The van der Waals surface area contributed by atoms with Crippen molar-refractivity contribution in [2.75, 3.05) is 5.32 Å². The number of nitrogens with two attached hydrogens (primary N) is 1. The van der Waals surface area contributed by atoms with Gasteiger partial charge in [0.1, 0.15) is 5.01 Å². The Bertz CT molecular complexity index is 355. The fourth-order valence-corrected chi connectivity index (χ4v) is 1.52. The highest BCUT2D eigenvalue weighted by molar-refractivity contribution is 7.15. The van der Waals surface area contributed by atoms with Gasteiger partial charge >= 0.3 is 0 Å². The molecule has 0 aliphatic carbocycles. The summed E-state index contributed by atoms with van der Waals surface area (Å²) in [5.74, 6) is -0.223. The highest BCUT2D eigenvalue weighted by Crippen LogP contribution is 2.20. The van der Waals surface area contributed by atoms with Gasteiger partial charge in [-0.1, -0.05) is 32.1 Å². The predicted octanol–water partition coefficient (Wildman–Crippen LogP) is 1.16. The fraction of sp³-hybridized carbons (Fsp3) is 0.667. The lowest BCUT2D eigenvalue weighted by Gasteiger charge is -2.25. The number of aromatic nitrogens is 2. The second kappa shape index (κ2) is 4.24. The van der Waals surface area contributed by atoms with E-state index in [1.165, 1.54) is 11.3 Å². The summed E-state index contributed by atoms with van der Waals surface area (Å²) in [5, 5.41) is 11.6. The van der Waals surface area contributed by atoms with E-state index in [2.05, 4.69) is 15.5 Å². The molecule has 3 N–H and O–H groups in total. The molecule has 0 fully saturated rings. The van der Waals surface area contributed by atoms with E-state index in [-0.39, 0.29) is 11.3 Å². The van der Waals surface area contributed by atoms with Gasteiger partial charge in [0.25, 0.3) is 0 Å². The highest BCUT2D eigenvalue weighted by atomic mass is 32.1. The van der Waals surface area contributed by atoms with Crippen LogP contribution in [0.15, 0.2) is 0 Å². The van der Waals surface area contributed by atoms with Crippen LogP contribution in [-0.2, 0) is 4.79 Å². The number of rotatable bonds is 2. The molecule has 0 bridgehead atoms. The van der Waals surface area contributed by atoms with Crippen LogP contribution in [0.4, 0.5) is 5.13 Å². The summed E-state index contributed by atoms with van der Waals surface area (Å²) < 4.78 is 0. The van der Waals surface area contributed by atoms with E-state index in [0.717, 1.165) is 5.01 Å². The standard InChI is InChI=1S/C9H16N4OS/c1-5-12-13-8(15-5)11-7(14)6(10)9(2,3)4/h6H,10H2,1-4H3,(H,11,13,14)/t6-/m0/s1.